The molecule has 1 aromatic heterocycles. The maximum atomic E-state index is 9.87. The van der Waals surface area contributed by atoms with E-state index in [1.54, 1.807) is 11.3 Å². The molecule has 0 aliphatic carbocycles. The van der Waals surface area contributed by atoms with Crippen molar-refractivity contribution in [2.24, 2.45) is 5.92 Å². The van der Waals surface area contributed by atoms with Crippen molar-refractivity contribution in [3.05, 3.63) is 22.2 Å². The van der Waals surface area contributed by atoms with Crippen molar-refractivity contribution in [2.75, 3.05) is 31.7 Å². The van der Waals surface area contributed by atoms with Gasteiger partial charge >= 0.3 is 0 Å². The smallest absolute Gasteiger partial charge is 0.186 e. The lowest BCUT2D eigenvalue weighted by Gasteiger charge is -2.30. The summed E-state index contributed by atoms with van der Waals surface area (Å²) < 4.78 is 6.88. The van der Waals surface area contributed by atoms with Crippen molar-refractivity contribution in [2.45, 2.75) is 19.1 Å². The monoisotopic (exact) mass is 386 g/mol. The van der Waals surface area contributed by atoms with Crippen molar-refractivity contribution >= 4 is 42.6 Å². The fourth-order valence-corrected chi connectivity index (χ4v) is 4.44. The number of benzene rings is 1. The van der Waals surface area contributed by atoms with E-state index in [1.165, 1.54) is 7.11 Å². The highest BCUT2D eigenvalue weighted by Gasteiger charge is 2.22. The Morgan fingerprint density at radius 1 is 1.45 bits per heavy atom. The first-order valence-corrected chi connectivity index (χ1v) is 8.90. The third kappa shape index (κ3) is 3.14. The van der Waals surface area contributed by atoms with E-state index >= 15 is 0 Å². The van der Waals surface area contributed by atoms with Crippen molar-refractivity contribution in [1.82, 2.24) is 4.98 Å². The van der Waals surface area contributed by atoms with Crippen LogP contribution in [-0.2, 0) is 4.74 Å². The van der Waals surface area contributed by atoms with Crippen LogP contribution in [0.3, 0.4) is 0 Å². The van der Waals surface area contributed by atoms with Crippen LogP contribution < -0.4 is 4.90 Å². The highest BCUT2D eigenvalue weighted by atomic mass is 79.9. The standard InChI is InChI=1S/C15H19BrN2O3S/c1-21-14(20)10-6-12-13(7-11(10)16)22-15(17-12)18-4-2-9(8-19)3-5-18/h6-7,9,14,19-20H,2-5,8H2,1H3. The van der Waals surface area contributed by atoms with Crippen molar-refractivity contribution < 1.29 is 14.9 Å². The summed E-state index contributed by atoms with van der Waals surface area (Å²) in [6, 6.07) is 3.85. The topological polar surface area (TPSA) is 65.8 Å². The van der Waals surface area contributed by atoms with Gasteiger partial charge in [-0.3, -0.25) is 0 Å². The molecule has 2 aromatic rings. The van der Waals surface area contributed by atoms with Crippen LogP contribution in [0.15, 0.2) is 16.6 Å². The average molecular weight is 387 g/mol. The lowest BCUT2D eigenvalue weighted by atomic mass is 9.98. The number of halogens is 1. The van der Waals surface area contributed by atoms with Gasteiger partial charge in [0.05, 0.1) is 10.2 Å². The normalized spacial score (nSPS) is 18.1. The van der Waals surface area contributed by atoms with Gasteiger partial charge in [0.25, 0.3) is 0 Å². The van der Waals surface area contributed by atoms with E-state index in [-0.39, 0.29) is 6.61 Å². The Bertz CT molecular complexity index is 656. The molecule has 1 aromatic carbocycles. The van der Waals surface area contributed by atoms with Gasteiger partial charge in [0.15, 0.2) is 11.4 Å². The number of aliphatic hydroxyl groups excluding tert-OH is 2. The average Bonchev–Trinajstić information content (AvgIpc) is 2.96. The summed E-state index contributed by atoms with van der Waals surface area (Å²) >= 11 is 5.13. The lowest BCUT2D eigenvalue weighted by molar-refractivity contribution is -0.0773. The Balaban J connectivity index is 1.87. The Hall–Kier alpha value is -0.730. The summed E-state index contributed by atoms with van der Waals surface area (Å²) in [5, 5.41) is 20.1. The number of hydrogen-bond donors (Lipinski definition) is 2. The van der Waals surface area contributed by atoms with Crippen LogP contribution in [0.25, 0.3) is 10.2 Å². The van der Waals surface area contributed by atoms with Crippen LogP contribution in [0, 0.1) is 5.92 Å². The van der Waals surface area contributed by atoms with E-state index in [1.807, 2.05) is 12.1 Å². The summed E-state index contributed by atoms with van der Waals surface area (Å²) in [5.74, 6) is 0.420. The zero-order chi connectivity index (χ0) is 15.7. The van der Waals surface area contributed by atoms with E-state index in [0.717, 1.165) is 45.8 Å². The Kier molecular flexibility index (Phi) is 4.99. The van der Waals surface area contributed by atoms with Crippen LogP contribution in [0.2, 0.25) is 0 Å². The van der Waals surface area contributed by atoms with Crippen molar-refractivity contribution in [3.63, 3.8) is 0 Å². The number of ether oxygens (including phenoxy) is 1. The molecule has 7 heteroatoms. The summed E-state index contributed by atoms with van der Waals surface area (Å²) in [6.07, 6.45) is 1.05. The van der Waals surface area contributed by atoms with Gasteiger partial charge in [-0.05, 0) is 30.9 Å². The third-order valence-electron chi connectivity index (χ3n) is 4.13. The number of fused-ring (bicyclic) bond motifs is 1. The van der Waals surface area contributed by atoms with Gasteiger partial charge in [0, 0.05) is 36.8 Å². The van der Waals surface area contributed by atoms with Gasteiger partial charge < -0.3 is 19.8 Å². The van der Waals surface area contributed by atoms with Crippen LogP contribution >= 0.6 is 27.3 Å². The first kappa shape index (κ1) is 16.1. The van der Waals surface area contributed by atoms with Crippen molar-refractivity contribution in [3.8, 4) is 0 Å². The number of thiazole rings is 1. The number of hydrogen-bond acceptors (Lipinski definition) is 6. The number of nitrogens with zero attached hydrogens (tertiary/aromatic N) is 2. The Morgan fingerprint density at radius 2 is 2.18 bits per heavy atom. The van der Waals surface area contributed by atoms with Gasteiger partial charge in [-0.15, -0.1) is 0 Å². The van der Waals surface area contributed by atoms with Gasteiger partial charge in [-0.1, -0.05) is 27.3 Å². The predicted molar refractivity (Wildman–Crippen MR) is 91.3 cm³/mol. The van der Waals surface area contributed by atoms with E-state index in [2.05, 4.69) is 20.8 Å². The number of aliphatic hydroxyl groups is 2. The SMILES string of the molecule is COC(O)c1cc2nc(N3CCC(CO)CC3)sc2cc1Br. The van der Waals surface area contributed by atoms with E-state index in [0.29, 0.717) is 11.5 Å². The second kappa shape index (κ2) is 6.80. The molecule has 2 N–H and O–H groups in total. The largest absolute Gasteiger partial charge is 0.396 e. The molecule has 0 saturated carbocycles. The molecule has 0 radical (unpaired) electrons. The van der Waals surface area contributed by atoms with Gasteiger partial charge in [0.1, 0.15) is 0 Å². The summed E-state index contributed by atoms with van der Waals surface area (Å²) in [7, 11) is 1.47. The van der Waals surface area contributed by atoms with Crippen LogP contribution in [-0.4, -0.2) is 42.0 Å². The zero-order valence-electron chi connectivity index (χ0n) is 12.3. The fourth-order valence-electron chi connectivity index (χ4n) is 2.71. The summed E-state index contributed by atoms with van der Waals surface area (Å²) in [5.41, 5.74) is 1.56. The molecule has 0 spiro atoms. The molecule has 1 unspecified atom stereocenters. The van der Waals surface area contributed by atoms with E-state index in [4.69, 9.17) is 9.72 Å². The molecule has 0 bridgehead atoms. The number of piperidine rings is 1. The van der Waals surface area contributed by atoms with Gasteiger partial charge in [-0.2, -0.15) is 0 Å². The molecule has 22 heavy (non-hydrogen) atoms. The number of anilines is 1. The quantitative estimate of drug-likeness (QED) is 0.790. The van der Waals surface area contributed by atoms with E-state index in [9.17, 15) is 10.2 Å². The summed E-state index contributed by atoms with van der Waals surface area (Å²) in [6.45, 7) is 2.14. The van der Waals surface area contributed by atoms with Crippen LogP contribution in [0.5, 0.6) is 0 Å². The predicted octanol–water partition coefficient (Wildman–Crippen LogP) is 2.90. The molecule has 2 heterocycles. The molecule has 1 fully saturated rings. The fraction of sp³-hybridized carbons (Fsp3) is 0.533. The van der Waals surface area contributed by atoms with E-state index < -0.39 is 6.29 Å². The highest BCUT2D eigenvalue weighted by Crippen LogP contribution is 2.36. The second-order valence-electron chi connectivity index (χ2n) is 5.54. The molecule has 120 valence electrons. The van der Waals surface area contributed by atoms with Gasteiger partial charge in [-0.25, -0.2) is 4.98 Å². The molecular formula is C15H19BrN2O3S. The minimum absolute atomic E-state index is 0.277. The van der Waals surface area contributed by atoms with Crippen LogP contribution in [0.1, 0.15) is 24.7 Å². The molecule has 1 aliphatic heterocycles. The number of aromatic nitrogens is 1. The minimum Gasteiger partial charge on any atom is -0.396 e. The molecule has 0 amide bonds. The van der Waals surface area contributed by atoms with Gasteiger partial charge in [0.2, 0.25) is 0 Å². The highest BCUT2D eigenvalue weighted by molar-refractivity contribution is 9.10. The zero-order valence-corrected chi connectivity index (χ0v) is 14.7. The maximum absolute atomic E-state index is 9.87. The molecule has 1 atom stereocenters. The second-order valence-corrected chi connectivity index (χ2v) is 7.40. The molecule has 1 saturated heterocycles. The molecule has 1 aliphatic rings. The lowest BCUT2D eigenvalue weighted by Crippen LogP contribution is -2.34. The molecule has 5 nitrogen and oxygen atoms in total. The first-order chi connectivity index (χ1) is 10.6. The Labute approximate surface area is 141 Å². The third-order valence-corrected chi connectivity index (χ3v) is 5.89. The van der Waals surface area contributed by atoms with Crippen LogP contribution in [0.4, 0.5) is 5.13 Å². The Morgan fingerprint density at radius 3 is 2.82 bits per heavy atom. The maximum Gasteiger partial charge on any atom is 0.186 e. The first-order valence-electron chi connectivity index (χ1n) is 7.29. The van der Waals surface area contributed by atoms with Crippen molar-refractivity contribution in [1.29, 1.82) is 0 Å². The minimum atomic E-state index is -0.954. The number of methoxy groups -OCH3 is 1. The number of rotatable bonds is 4. The summed E-state index contributed by atoms with van der Waals surface area (Å²) in [4.78, 5) is 6.98. The molecular weight excluding hydrogens is 368 g/mol. The molecule has 3 rings (SSSR count).